The van der Waals surface area contributed by atoms with Crippen LogP contribution in [0.15, 0.2) is 52.9 Å². The zero-order valence-corrected chi connectivity index (χ0v) is 12.8. The molecule has 0 fully saturated rings. The smallest absolute Gasteiger partial charge is 0.153 e. The highest BCUT2D eigenvalue weighted by atomic mass is 35.5. The zero-order chi connectivity index (χ0) is 14.7. The zero-order valence-electron chi connectivity index (χ0n) is 12.0. The minimum atomic E-state index is 0.652. The van der Waals surface area contributed by atoms with Gasteiger partial charge in [-0.05, 0) is 36.7 Å². The number of para-hydroxylation sites is 1. The predicted molar refractivity (Wildman–Crippen MR) is 88.7 cm³/mol. The first-order valence-electron chi connectivity index (χ1n) is 7.26. The summed E-state index contributed by atoms with van der Waals surface area (Å²) in [5.41, 5.74) is 3.09. The first kappa shape index (κ1) is 14.2. The molecule has 0 radical (unpaired) electrons. The van der Waals surface area contributed by atoms with Gasteiger partial charge in [0.1, 0.15) is 5.76 Å². The summed E-state index contributed by atoms with van der Waals surface area (Å²) in [4.78, 5) is 0. The molecule has 3 aromatic rings. The van der Waals surface area contributed by atoms with Crippen LogP contribution in [0.2, 0.25) is 5.02 Å². The molecule has 0 spiro atoms. The molecule has 1 aromatic heterocycles. The van der Waals surface area contributed by atoms with Crippen molar-refractivity contribution in [2.75, 3.05) is 6.54 Å². The van der Waals surface area contributed by atoms with E-state index in [9.17, 15) is 0 Å². The number of hydrogen-bond acceptors (Lipinski definition) is 2. The molecule has 0 saturated heterocycles. The van der Waals surface area contributed by atoms with Gasteiger partial charge in [-0.1, -0.05) is 48.9 Å². The van der Waals surface area contributed by atoms with Crippen molar-refractivity contribution in [3.05, 3.63) is 59.1 Å². The Balaban J connectivity index is 1.91. The molecule has 1 N–H and O–H groups in total. The topological polar surface area (TPSA) is 25.2 Å². The SMILES string of the molecule is CCCNCc1cccc(-c2cc3cccc(Cl)c3o2)c1. The van der Waals surface area contributed by atoms with E-state index in [-0.39, 0.29) is 0 Å². The molecule has 0 atom stereocenters. The standard InChI is InChI=1S/C18H18ClNO/c1-2-9-20-12-13-5-3-6-14(10-13)17-11-15-7-4-8-16(19)18(15)21-17/h3-8,10-11,20H,2,9,12H2,1H3. The minimum absolute atomic E-state index is 0.652. The van der Waals surface area contributed by atoms with Crippen LogP contribution in [0.5, 0.6) is 0 Å². The maximum Gasteiger partial charge on any atom is 0.153 e. The van der Waals surface area contributed by atoms with Crippen molar-refractivity contribution in [1.29, 1.82) is 0 Å². The van der Waals surface area contributed by atoms with Gasteiger partial charge in [0.2, 0.25) is 0 Å². The van der Waals surface area contributed by atoms with Crippen LogP contribution in [0.4, 0.5) is 0 Å². The Morgan fingerprint density at radius 1 is 1.10 bits per heavy atom. The quantitative estimate of drug-likeness (QED) is 0.651. The Morgan fingerprint density at radius 3 is 2.76 bits per heavy atom. The average Bonchev–Trinajstić information content (AvgIpc) is 2.94. The largest absolute Gasteiger partial charge is 0.455 e. The molecule has 0 saturated carbocycles. The van der Waals surface area contributed by atoms with Crippen molar-refractivity contribution in [2.45, 2.75) is 19.9 Å². The minimum Gasteiger partial charge on any atom is -0.455 e. The summed E-state index contributed by atoms with van der Waals surface area (Å²) < 4.78 is 5.91. The van der Waals surface area contributed by atoms with Crippen LogP contribution in [0.1, 0.15) is 18.9 Å². The first-order valence-corrected chi connectivity index (χ1v) is 7.64. The van der Waals surface area contributed by atoms with E-state index in [0.717, 1.165) is 41.8 Å². The van der Waals surface area contributed by atoms with Crippen molar-refractivity contribution in [3.63, 3.8) is 0 Å². The van der Waals surface area contributed by atoms with Crippen LogP contribution in [0.25, 0.3) is 22.3 Å². The van der Waals surface area contributed by atoms with Gasteiger partial charge in [0.25, 0.3) is 0 Å². The van der Waals surface area contributed by atoms with E-state index in [4.69, 9.17) is 16.0 Å². The normalized spacial score (nSPS) is 11.1. The highest BCUT2D eigenvalue weighted by Gasteiger charge is 2.09. The summed E-state index contributed by atoms with van der Waals surface area (Å²) in [6, 6.07) is 16.3. The molecule has 3 rings (SSSR count). The summed E-state index contributed by atoms with van der Waals surface area (Å²) in [6.07, 6.45) is 1.14. The van der Waals surface area contributed by atoms with Crippen LogP contribution in [-0.2, 0) is 6.54 Å². The summed E-state index contributed by atoms with van der Waals surface area (Å²) >= 11 is 6.17. The van der Waals surface area contributed by atoms with E-state index in [1.54, 1.807) is 0 Å². The van der Waals surface area contributed by atoms with Gasteiger partial charge in [-0.15, -0.1) is 0 Å². The first-order chi connectivity index (χ1) is 10.3. The lowest BCUT2D eigenvalue weighted by Crippen LogP contribution is -2.13. The van der Waals surface area contributed by atoms with Crippen LogP contribution >= 0.6 is 11.6 Å². The molecule has 21 heavy (non-hydrogen) atoms. The van der Waals surface area contributed by atoms with Gasteiger partial charge in [-0.2, -0.15) is 0 Å². The molecule has 1 heterocycles. The molecule has 0 aliphatic rings. The number of benzene rings is 2. The highest BCUT2D eigenvalue weighted by Crippen LogP contribution is 2.32. The third kappa shape index (κ3) is 3.12. The van der Waals surface area contributed by atoms with E-state index in [1.165, 1.54) is 5.56 Å². The second kappa shape index (κ2) is 6.33. The second-order valence-corrected chi connectivity index (χ2v) is 5.55. The van der Waals surface area contributed by atoms with Crippen LogP contribution in [-0.4, -0.2) is 6.54 Å². The maximum absolute atomic E-state index is 6.17. The van der Waals surface area contributed by atoms with Gasteiger partial charge in [0, 0.05) is 17.5 Å². The van der Waals surface area contributed by atoms with Gasteiger partial charge in [-0.25, -0.2) is 0 Å². The van der Waals surface area contributed by atoms with Crippen molar-refractivity contribution in [2.24, 2.45) is 0 Å². The monoisotopic (exact) mass is 299 g/mol. The van der Waals surface area contributed by atoms with Gasteiger partial charge < -0.3 is 9.73 Å². The number of halogens is 1. The number of hydrogen-bond donors (Lipinski definition) is 1. The third-order valence-electron chi connectivity index (χ3n) is 3.46. The summed E-state index contributed by atoms with van der Waals surface area (Å²) in [5.74, 6) is 0.857. The predicted octanol–water partition coefficient (Wildman–Crippen LogP) is 5.25. The van der Waals surface area contributed by atoms with E-state index < -0.39 is 0 Å². The number of fused-ring (bicyclic) bond motifs is 1. The van der Waals surface area contributed by atoms with Crippen LogP contribution in [0.3, 0.4) is 0 Å². The second-order valence-electron chi connectivity index (χ2n) is 5.15. The summed E-state index contributed by atoms with van der Waals surface area (Å²) in [7, 11) is 0. The Bertz CT molecular complexity index is 748. The fourth-order valence-electron chi connectivity index (χ4n) is 2.41. The summed E-state index contributed by atoms with van der Waals surface area (Å²) in [5, 5.41) is 5.10. The van der Waals surface area contributed by atoms with Gasteiger partial charge >= 0.3 is 0 Å². The van der Waals surface area contributed by atoms with Crippen LogP contribution in [0, 0.1) is 0 Å². The number of furan rings is 1. The molecule has 2 nitrogen and oxygen atoms in total. The summed E-state index contributed by atoms with van der Waals surface area (Å²) in [6.45, 7) is 4.08. The Kier molecular flexibility index (Phi) is 4.28. The maximum atomic E-state index is 6.17. The molecule has 0 amide bonds. The molecular weight excluding hydrogens is 282 g/mol. The van der Waals surface area contributed by atoms with E-state index in [0.29, 0.717) is 5.02 Å². The fourth-order valence-corrected chi connectivity index (χ4v) is 2.63. The lowest BCUT2D eigenvalue weighted by molar-refractivity contribution is 0.631. The highest BCUT2D eigenvalue weighted by molar-refractivity contribution is 6.34. The molecule has 3 heteroatoms. The molecule has 0 aliphatic heterocycles. The van der Waals surface area contributed by atoms with Crippen LogP contribution < -0.4 is 5.32 Å². The van der Waals surface area contributed by atoms with E-state index in [1.807, 2.05) is 24.3 Å². The molecule has 108 valence electrons. The Morgan fingerprint density at radius 2 is 1.95 bits per heavy atom. The van der Waals surface area contributed by atoms with E-state index in [2.05, 4.69) is 36.5 Å². The Labute approximate surface area is 129 Å². The van der Waals surface area contributed by atoms with E-state index >= 15 is 0 Å². The average molecular weight is 300 g/mol. The molecule has 0 aliphatic carbocycles. The molecular formula is C18H18ClNO. The number of nitrogens with one attached hydrogen (secondary N) is 1. The lowest BCUT2D eigenvalue weighted by Gasteiger charge is -2.05. The van der Waals surface area contributed by atoms with Crippen molar-refractivity contribution >= 4 is 22.6 Å². The van der Waals surface area contributed by atoms with Gasteiger partial charge in [0.15, 0.2) is 5.58 Å². The van der Waals surface area contributed by atoms with Crippen molar-refractivity contribution < 1.29 is 4.42 Å². The van der Waals surface area contributed by atoms with Gasteiger partial charge in [0.05, 0.1) is 5.02 Å². The third-order valence-corrected chi connectivity index (χ3v) is 3.76. The molecule has 2 aromatic carbocycles. The van der Waals surface area contributed by atoms with Crippen molar-refractivity contribution in [3.8, 4) is 11.3 Å². The Hall–Kier alpha value is -1.77. The van der Waals surface area contributed by atoms with Crippen molar-refractivity contribution in [1.82, 2.24) is 5.32 Å². The molecule has 0 unspecified atom stereocenters. The lowest BCUT2D eigenvalue weighted by atomic mass is 10.1. The van der Waals surface area contributed by atoms with Gasteiger partial charge in [-0.3, -0.25) is 0 Å². The molecule has 0 bridgehead atoms. The number of rotatable bonds is 5. The fraction of sp³-hybridized carbons (Fsp3) is 0.222.